The predicted molar refractivity (Wildman–Crippen MR) is 144 cm³/mol. The summed E-state index contributed by atoms with van der Waals surface area (Å²) >= 11 is 3.40. The van der Waals surface area contributed by atoms with Gasteiger partial charge in [0.25, 0.3) is 0 Å². The molecule has 1 atom stereocenters. The van der Waals surface area contributed by atoms with Gasteiger partial charge in [0.15, 0.2) is 0 Å². The number of ether oxygens (including phenoxy) is 3. The van der Waals surface area contributed by atoms with Crippen molar-refractivity contribution in [3.05, 3.63) is 94.2 Å². The maximum Gasteiger partial charge on any atom is 0.514 e. The first-order valence-corrected chi connectivity index (χ1v) is 12.7. The minimum absolute atomic E-state index is 0.0605. The Kier molecular flexibility index (Phi) is 10.2. The Bertz CT molecular complexity index is 1230. The molecule has 0 saturated heterocycles. The van der Waals surface area contributed by atoms with E-state index in [2.05, 4.69) is 31.5 Å². The second kappa shape index (κ2) is 13.6. The van der Waals surface area contributed by atoms with Crippen molar-refractivity contribution < 1.29 is 28.6 Å². The van der Waals surface area contributed by atoms with Gasteiger partial charge in [-0.05, 0) is 62.2 Å². The van der Waals surface area contributed by atoms with Crippen molar-refractivity contribution in [3.8, 4) is 5.75 Å². The number of carbonyl (C=O) groups excluding carboxylic acids is 3. The molecule has 1 aromatic heterocycles. The normalized spacial score (nSPS) is 11.7. The molecule has 0 aliphatic rings. The molecular weight excluding hydrogens is 554 g/mol. The lowest BCUT2D eigenvalue weighted by atomic mass is 10.0. The average Bonchev–Trinajstić information content (AvgIpc) is 2.87. The van der Waals surface area contributed by atoms with E-state index >= 15 is 0 Å². The highest BCUT2D eigenvalue weighted by atomic mass is 79.9. The lowest BCUT2D eigenvalue weighted by molar-refractivity contribution is -0.123. The van der Waals surface area contributed by atoms with Crippen molar-refractivity contribution in [2.24, 2.45) is 0 Å². The fraction of sp³-hybridized carbons (Fsp3) is 0.286. The number of benzene rings is 2. The summed E-state index contributed by atoms with van der Waals surface area (Å²) < 4.78 is 16.6. The molecule has 0 aliphatic carbocycles. The van der Waals surface area contributed by atoms with Gasteiger partial charge in [-0.1, -0.05) is 46.3 Å². The Morgan fingerprint density at radius 2 is 1.63 bits per heavy atom. The summed E-state index contributed by atoms with van der Waals surface area (Å²) in [5.74, 6) is -0.0895. The number of aromatic nitrogens is 1. The molecule has 3 rings (SSSR count). The highest BCUT2D eigenvalue weighted by Gasteiger charge is 2.25. The third-order valence-electron chi connectivity index (χ3n) is 5.09. The lowest BCUT2D eigenvalue weighted by Crippen LogP contribution is -2.49. The zero-order chi connectivity index (χ0) is 27.5. The van der Waals surface area contributed by atoms with Crippen LogP contribution in [0.2, 0.25) is 0 Å². The fourth-order valence-corrected chi connectivity index (χ4v) is 3.68. The molecular formula is C28H30BrN3O6. The molecule has 3 aromatic rings. The monoisotopic (exact) mass is 583 g/mol. The molecule has 10 heteroatoms. The Morgan fingerprint density at radius 1 is 0.947 bits per heavy atom. The van der Waals surface area contributed by atoms with E-state index in [0.717, 1.165) is 21.2 Å². The molecule has 0 saturated carbocycles. The van der Waals surface area contributed by atoms with Crippen molar-refractivity contribution in [1.29, 1.82) is 0 Å². The molecule has 0 radical (unpaired) electrons. The number of nitrogens with zero attached hydrogens (tertiary/aromatic N) is 1. The number of alkyl carbamates (subject to hydrolysis) is 1. The summed E-state index contributed by atoms with van der Waals surface area (Å²) in [6, 6.07) is 16.7. The average molecular weight is 584 g/mol. The van der Waals surface area contributed by atoms with Crippen LogP contribution < -0.4 is 15.4 Å². The van der Waals surface area contributed by atoms with Crippen LogP contribution in [0.4, 0.5) is 9.59 Å². The third-order valence-corrected chi connectivity index (χ3v) is 5.86. The van der Waals surface area contributed by atoms with Crippen LogP contribution in [0.15, 0.2) is 77.5 Å². The molecule has 2 amide bonds. The quantitative estimate of drug-likeness (QED) is 0.259. The standard InChI is InChI=1S/C28H30BrN3O6/c1-28(2,3)38-26(34)32-24(25(33)31-17-20-12-14-30-15-13-20)16-19-8-10-22(11-9-19)37-27(35)36-18-21-6-4-5-7-23(21)29/h4-15,24H,16-18H2,1-3H3,(H,31,33)(H,32,34)/t24-/m0/s1. The van der Waals surface area contributed by atoms with Crippen LogP contribution in [0.5, 0.6) is 5.75 Å². The number of carbonyl (C=O) groups is 3. The first-order valence-electron chi connectivity index (χ1n) is 11.9. The first-order chi connectivity index (χ1) is 18.1. The number of nitrogens with one attached hydrogen (secondary N) is 2. The number of amides is 2. The number of pyridine rings is 1. The van der Waals surface area contributed by atoms with Gasteiger partial charge in [0.05, 0.1) is 0 Å². The van der Waals surface area contributed by atoms with Gasteiger partial charge >= 0.3 is 12.2 Å². The van der Waals surface area contributed by atoms with Crippen molar-refractivity contribution in [2.75, 3.05) is 0 Å². The van der Waals surface area contributed by atoms with Crippen LogP contribution in [-0.4, -0.2) is 34.8 Å². The smallest absolute Gasteiger partial charge is 0.444 e. The molecule has 0 fully saturated rings. The second-order valence-electron chi connectivity index (χ2n) is 9.35. The molecule has 0 bridgehead atoms. The summed E-state index contributed by atoms with van der Waals surface area (Å²) in [4.78, 5) is 41.4. The van der Waals surface area contributed by atoms with Gasteiger partial charge in [-0.15, -0.1) is 0 Å². The molecule has 2 N–H and O–H groups in total. The Morgan fingerprint density at radius 3 is 2.29 bits per heavy atom. The van der Waals surface area contributed by atoms with Gasteiger partial charge in [-0.25, -0.2) is 9.59 Å². The maximum absolute atomic E-state index is 13.0. The van der Waals surface area contributed by atoms with E-state index in [1.165, 1.54) is 0 Å². The number of halogens is 1. The van der Waals surface area contributed by atoms with E-state index in [0.29, 0.717) is 0 Å². The molecule has 2 aromatic carbocycles. The van der Waals surface area contributed by atoms with Gasteiger partial charge in [0.1, 0.15) is 24.0 Å². The highest BCUT2D eigenvalue weighted by Crippen LogP contribution is 2.18. The summed E-state index contributed by atoms with van der Waals surface area (Å²) in [5, 5.41) is 5.48. The number of hydrogen-bond acceptors (Lipinski definition) is 7. The van der Waals surface area contributed by atoms with Crippen LogP contribution in [-0.2, 0) is 33.8 Å². The maximum atomic E-state index is 13.0. The molecule has 38 heavy (non-hydrogen) atoms. The summed E-state index contributed by atoms with van der Waals surface area (Å²) in [6.45, 7) is 5.57. The molecule has 0 spiro atoms. The van der Waals surface area contributed by atoms with Crippen LogP contribution >= 0.6 is 15.9 Å². The SMILES string of the molecule is CC(C)(C)OC(=O)N[C@@H](Cc1ccc(OC(=O)OCc2ccccc2Br)cc1)C(=O)NCc1ccncc1. The van der Waals surface area contributed by atoms with E-state index in [4.69, 9.17) is 14.2 Å². The van der Waals surface area contributed by atoms with E-state index < -0.39 is 23.9 Å². The minimum atomic E-state index is -0.896. The van der Waals surface area contributed by atoms with Crippen LogP contribution in [0.3, 0.4) is 0 Å². The summed E-state index contributed by atoms with van der Waals surface area (Å²) in [6.07, 6.45) is 1.92. The molecule has 1 heterocycles. The Labute approximate surface area is 230 Å². The number of rotatable bonds is 9. The van der Waals surface area contributed by atoms with Gasteiger partial charge in [-0.2, -0.15) is 0 Å². The van der Waals surface area contributed by atoms with Crippen molar-refractivity contribution in [3.63, 3.8) is 0 Å². The fourth-order valence-electron chi connectivity index (χ4n) is 3.28. The van der Waals surface area contributed by atoms with Gasteiger partial charge in [0, 0.05) is 35.4 Å². The molecule has 200 valence electrons. The Hall–Kier alpha value is -3.92. The van der Waals surface area contributed by atoms with Crippen LogP contribution in [0.1, 0.15) is 37.5 Å². The molecule has 0 unspecified atom stereocenters. The van der Waals surface area contributed by atoms with Gasteiger partial charge in [-0.3, -0.25) is 9.78 Å². The zero-order valence-electron chi connectivity index (χ0n) is 21.4. The lowest BCUT2D eigenvalue weighted by Gasteiger charge is -2.23. The van der Waals surface area contributed by atoms with E-state index in [1.807, 2.05) is 24.3 Å². The summed E-state index contributed by atoms with van der Waals surface area (Å²) in [7, 11) is 0. The largest absolute Gasteiger partial charge is 0.514 e. The first kappa shape index (κ1) is 28.6. The minimum Gasteiger partial charge on any atom is -0.444 e. The zero-order valence-corrected chi connectivity index (χ0v) is 23.0. The van der Waals surface area contributed by atoms with E-state index in [9.17, 15) is 14.4 Å². The van der Waals surface area contributed by atoms with E-state index in [1.54, 1.807) is 69.6 Å². The molecule has 0 aliphatic heterocycles. The second-order valence-corrected chi connectivity index (χ2v) is 10.2. The van der Waals surface area contributed by atoms with Gasteiger partial charge < -0.3 is 24.8 Å². The number of hydrogen-bond donors (Lipinski definition) is 2. The topological polar surface area (TPSA) is 116 Å². The van der Waals surface area contributed by atoms with Crippen molar-refractivity contribution in [1.82, 2.24) is 15.6 Å². The van der Waals surface area contributed by atoms with E-state index in [-0.39, 0.29) is 31.2 Å². The van der Waals surface area contributed by atoms with Crippen molar-refractivity contribution >= 4 is 34.1 Å². The van der Waals surface area contributed by atoms with Crippen LogP contribution in [0.25, 0.3) is 0 Å². The predicted octanol–water partition coefficient (Wildman–Crippen LogP) is 5.31. The van der Waals surface area contributed by atoms with Crippen LogP contribution in [0, 0.1) is 0 Å². The van der Waals surface area contributed by atoms with Gasteiger partial charge in [0.2, 0.25) is 5.91 Å². The summed E-state index contributed by atoms with van der Waals surface area (Å²) in [5.41, 5.74) is 1.70. The van der Waals surface area contributed by atoms with Crippen molar-refractivity contribution in [2.45, 2.75) is 52.0 Å². The molecule has 9 nitrogen and oxygen atoms in total. The Balaban J connectivity index is 1.60. The third kappa shape index (κ3) is 9.85. The highest BCUT2D eigenvalue weighted by molar-refractivity contribution is 9.10.